The fourth-order valence-corrected chi connectivity index (χ4v) is 2.84. The van der Waals surface area contributed by atoms with E-state index in [1.807, 2.05) is 6.08 Å². The molecule has 0 aliphatic heterocycles. The van der Waals surface area contributed by atoms with Crippen molar-refractivity contribution in [3.63, 3.8) is 0 Å². The van der Waals surface area contributed by atoms with Crippen molar-refractivity contribution in [2.45, 2.75) is 6.42 Å². The van der Waals surface area contributed by atoms with Crippen LogP contribution >= 0.6 is 0 Å². The first-order valence-corrected chi connectivity index (χ1v) is 6.18. The molecule has 82 valence electrons. The summed E-state index contributed by atoms with van der Waals surface area (Å²) in [7, 11) is 0. The summed E-state index contributed by atoms with van der Waals surface area (Å²) in [5, 5.41) is 0. The second kappa shape index (κ2) is 3.73. The third kappa shape index (κ3) is 1.43. The second-order valence-corrected chi connectivity index (χ2v) is 5.06. The van der Waals surface area contributed by atoms with Crippen molar-refractivity contribution in [2.24, 2.45) is 0 Å². The number of rotatable bonds is 0. The Bertz CT molecular complexity index is 635. The van der Waals surface area contributed by atoms with E-state index in [2.05, 4.69) is 15.6 Å². The van der Waals surface area contributed by atoms with Crippen LogP contribution in [0.1, 0.15) is 27.1 Å². The topological polar surface area (TPSA) is 34.1 Å². The van der Waals surface area contributed by atoms with Crippen LogP contribution in [0.25, 0.3) is 0 Å². The van der Waals surface area contributed by atoms with Crippen molar-refractivity contribution in [2.75, 3.05) is 0 Å². The first-order chi connectivity index (χ1) is 8.20. The number of fused-ring (bicyclic) bond motifs is 1. The van der Waals surface area contributed by atoms with Crippen molar-refractivity contribution < 1.29 is 9.59 Å². The third-order valence-electron chi connectivity index (χ3n) is 3.02. The zero-order chi connectivity index (χ0) is 12.0. The van der Waals surface area contributed by atoms with Gasteiger partial charge in [0.1, 0.15) is 0 Å². The number of hydrogen-bond donors (Lipinski definition) is 0. The Kier molecular flexibility index (Phi) is 2.32. The van der Waals surface area contributed by atoms with Crippen molar-refractivity contribution in [3.05, 3.63) is 58.7 Å². The minimum atomic E-state index is -0.0566. The molecule has 17 heavy (non-hydrogen) atoms. The Morgan fingerprint density at radius 1 is 1.00 bits per heavy atom. The average Bonchev–Trinajstić information content (AvgIpc) is 2.36. The van der Waals surface area contributed by atoms with E-state index in [0.29, 0.717) is 28.7 Å². The standard InChI is InChI=1S/C14H8O2Se/c15-13-8-4-1-2-5-9(8)14(16)12-10(13)6-3-7-11(12)17/h1-6H,7H2. The van der Waals surface area contributed by atoms with Crippen molar-refractivity contribution in [1.82, 2.24) is 0 Å². The summed E-state index contributed by atoms with van der Waals surface area (Å²) in [6.45, 7) is 0. The predicted molar refractivity (Wildman–Crippen MR) is 66.6 cm³/mol. The number of benzene rings is 1. The van der Waals surface area contributed by atoms with E-state index in [-0.39, 0.29) is 11.6 Å². The van der Waals surface area contributed by atoms with Gasteiger partial charge in [-0.15, -0.1) is 0 Å². The zero-order valence-corrected chi connectivity index (χ0v) is 10.6. The third-order valence-corrected chi connectivity index (χ3v) is 3.80. The first kappa shape index (κ1) is 10.6. The van der Waals surface area contributed by atoms with E-state index in [4.69, 9.17) is 0 Å². The van der Waals surface area contributed by atoms with Crippen LogP contribution in [0.5, 0.6) is 0 Å². The molecule has 2 aliphatic carbocycles. The molecule has 3 heteroatoms. The molecule has 0 radical (unpaired) electrons. The number of carbonyl (C=O) groups is 2. The molecule has 0 heterocycles. The molecule has 2 aliphatic rings. The molecule has 0 saturated carbocycles. The monoisotopic (exact) mass is 288 g/mol. The quantitative estimate of drug-likeness (QED) is 0.680. The number of allylic oxidation sites excluding steroid dienone is 4. The number of carbonyl (C=O) groups excluding carboxylic acids is 2. The van der Waals surface area contributed by atoms with Gasteiger partial charge in [-0.1, -0.05) is 0 Å². The summed E-state index contributed by atoms with van der Waals surface area (Å²) >= 11 is 2.89. The molecule has 1 aromatic carbocycles. The van der Waals surface area contributed by atoms with Gasteiger partial charge in [-0.2, -0.15) is 0 Å². The van der Waals surface area contributed by atoms with Gasteiger partial charge >= 0.3 is 106 Å². The Balaban J connectivity index is 2.31. The Morgan fingerprint density at radius 2 is 1.65 bits per heavy atom. The minimum absolute atomic E-state index is 0.0479. The van der Waals surface area contributed by atoms with Gasteiger partial charge < -0.3 is 0 Å². The van der Waals surface area contributed by atoms with Crippen LogP contribution in [-0.4, -0.2) is 31.6 Å². The molecule has 0 saturated heterocycles. The van der Waals surface area contributed by atoms with Crippen LogP contribution in [0, 0.1) is 0 Å². The van der Waals surface area contributed by atoms with E-state index in [9.17, 15) is 9.59 Å². The van der Waals surface area contributed by atoms with Crippen molar-refractivity contribution in [1.29, 1.82) is 0 Å². The molecular weight excluding hydrogens is 279 g/mol. The zero-order valence-electron chi connectivity index (χ0n) is 8.90. The Morgan fingerprint density at radius 3 is 2.35 bits per heavy atom. The predicted octanol–water partition coefficient (Wildman–Crippen LogP) is 1.66. The van der Waals surface area contributed by atoms with Gasteiger partial charge in [0.2, 0.25) is 0 Å². The van der Waals surface area contributed by atoms with E-state index in [0.717, 1.165) is 4.42 Å². The molecule has 3 rings (SSSR count). The number of Topliss-reactive ketones (excluding diaryl/α,β-unsaturated/α-hetero) is 2. The van der Waals surface area contributed by atoms with Crippen LogP contribution in [0.3, 0.4) is 0 Å². The summed E-state index contributed by atoms with van der Waals surface area (Å²) in [6.07, 6.45) is 4.36. The molecule has 0 atom stereocenters. The number of ketones is 2. The SMILES string of the molecule is O=C1C2=C(C(=O)c3ccccc31)C(=[Se])CC=C2. The first-order valence-electron chi connectivity index (χ1n) is 5.32. The van der Waals surface area contributed by atoms with Crippen LogP contribution < -0.4 is 0 Å². The molecule has 0 aromatic heterocycles. The summed E-state index contributed by atoms with van der Waals surface area (Å²) in [5.41, 5.74) is 2.10. The second-order valence-electron chi connectivity index (χ2n) is 4.02. The van der Waals surface area contributed by atoms with Crippen molar-refractivity contribution in [3.8, 4) is 0 Å². The van der Waals surface area contributed by atoms with Gasteiger partial charge in [0.25, 0.3) is 0 Å². The van der Waals surface area contributed by atoms with Gasteiger partial charge in [0.05, 0.1) is 0 Å². The van der Waals surface area contributed by atoms with Gasteiger partial charge in [0, 0.05) is 0 Å². The summed E-state index contributed by atoms with van der Waals surface area (Å²) in [4.78, 5) is 24.6. The average molecular weight is 287 g/mol. The van der Waals surface area contributed by atoms with Gasteiger partial charge in [-0.05, 0) is 0 Å². The molecule has 0 unspecified atom stereocenters. The van der Waals surface area contributed by atoms with E-state index in [1.165, 1.54) is 0 Å². The van der Waals surface area contributed by atoms with Crippen LogP contribution in [0.4, 0.5) is 0 Å². The molecule has 2 nitrogen and oxygen atoms in total. The molecule has 0 amide bonds. The van der Waals surface area contributed by atoms with Gasteiger partial charge in [-0.3, -0.25) is 0 Å². The summed E-state index contributed by atoms with van der Waals surface area (Å²) < 4.78 is 0.857. The Labute approximate surface area is 106 Å². The molecule has 0 spiro atoms. The molecule has 0 bridgehead atoms. The molecule has 0 fully saturated rings. The maximum atomic E-state index is 12.3. The fraction of sp³-hybridized carbons (Fsp3) is 0.0714. The van der Waals surface area contributed by atoms with Crippen molar-refractivity contribution >= 4 is 31.6 Å². The van der Waals surface area contributed by atoms with Gasteiger partial charge in [-0.25, -0.2) is 0 Å². The maximum absolute atomic E-state index is 12.3. The molecule has 1 aromatic rings. The Hall–Kier alpha value is -1.57. The van der Waals surface area contributed by atoms with Crippen LogP contribution in [0.15, 0.2) is 47.6 Å². The summed E-state index contributed by atoms with van der Waals surface area (Å²) in [5.74, 6) is -0.104. The molecular formula is C14H8O2Se. The normalized spacial score (nSPS) is 18.2. The van der Waals surface area contributed by atoms with Gasteiger partial charge in [0.15, 0.2) is 0 Å². The van der Waals surface area contributed by atoms with E-state index in [1.54, 1.807) is 30.3 Å². The van der Waals surface area contributed by atoms with E-state index >= 15 is 0 Å². The van der Waals surface area contributed by atoms with Crippen LogP contribution in [-0.2, 0) is 0 Å². The van der Waals surface area contributed by atoms with Crippen LogP contribution in [0.2, 0.25) is 0 Å². The summed E-state index contributed by atoms with van der Waals surface area (Å²) in [6, 6.07) is 6.99. The fourth-order valence-electron chi connectivity index (χ4n) is 2.22. The molecule has 0 N–H and O–H groups in total. The number of hydrogen-bond acceptors (Lipinski definition) is 2. The van der Waals surface area contributed by atoms with E-state index < -0.39 is 0 Å².